The predicted molar refractivity (Wildman–Crippen MR) is 122 cm³/mol. The largest absolute Gasteiger partial charge is 0.394 e. The molecular formula is C24H49NO5. The average Bonchev–Trinajstić information content (AvgIpc) is 2.75. The number of amides is 1. The summed E-state index contributed by atoms with van der Waals surface area (Å²) in [5.41, 5.74) is 0. The summed E-state index contributed by atoms with van der Waals surface area (Å²) in [5, 5.41) is 42.0. The highest BCUT2D eigenvalue weighted by Gasteiger charge is 2.28. The molecule has 6 nitrogen and oxygen atoms in total. The maximum atomic E-state index is 12.1. The molecule has 0 spiro atoms. The molecule has 0 rings (SSSR count). The third-order valence-corrected chi connectivity index (χ3v) is 5.82. The van der Waals surface area contributed by atoms with E-state index in [1.54, 1.807) is 0 Å². The van der Waals surface area contributed by atoms with E-state index in [2.05, 4.69) is 12.2 Å². The number of hydrogen-bond donors (Lipinski definition) is 5. The van der Waals surface area contributed by atoms with Crippen molar-refractivity contribution in [2.45, 2.75) is 141 Å². The van der Waals surface area contributed by atoms with Crippen molar-refractivity contribution in [2.24, 2.45) is 0 Å². The van der Waals surface area contributed by atoms with E-state index in [0.717, 1.165) is 32.1 Å². The van der Waals surface area contributed by atoms with Crippen LogP contribution in [0.1, 0.15) is 117 Å². The van der Waals surface area contributed by atoms with Crippen molar-refractivity contribution in [1.82, 2.24) is 5.32 Å². The van der Waals surface area contributed by atoms with Crippen LogP contribution in [-0.4, -0.2) is 57.3 Å². The van der Waals surface area contributed by atoms with Crippen molar-refractivity contribution in [1.29, 1.82) is 0 Å². The number of carbonyl (C=O) groups is 1. The third-order valence-electron chi connectivity index (χ3n) is 5.82. The fourth-order valence-corrected chi connectivity index (χ4v) is 3.68. The Morgan fingerprint density at radius 2 is 1.17 bits per heavy atom. The third kappa shape index (κ3) is 15.2. The lowest BCUT2D eigenvalue weighted by Gasteiger charge is -2.27. The van der Waals surface area contributed by atoms with Gasteiger partial charge in [-0.15, -0.1) is 0 Å². The maximum Gasteiger partial charge on any atom is 0.249 e. The van der Waals surface area contributed by atoms with E-state index < -0.39 is 36.9 Å². The van der Waals surface area contributed by atoms with E-state index in [-0.39, 0.29) is 0 Å². The summed E-state index contributed by atoms with van der Waals surface area (Å²) >= 11 is 0. The molecular weight excluding hydrogens is 382 g/mol. The lowest BCUT2D eigenvalue weighted by molar-refractivity contribution is -0.132. The van der Waals surface area contributed by atoms with Crippen LogP contribution in [0.3, 0.4) is 0 Å². The Morgan fingerprint density at radius 1 is 0.700 bits per heavy atom. The van der Waals surface area contributed by atoms with E-state index in [0.29, 0.717) is 12.8 Å². The Hall–Kier alpha value is -0.690. The first-order chi connectivity index (χ1) is 14.5. The second kappa shape index (κ2) is 20.2. The molecule has 0 bridgehead atoms. The Kier molecular flexibility index (Phi) is 19.8. The molecule has 6 heteroatoms. The second-order valence-corrected chi connectivity index (χ2v) is 8.69. The first kappa shape index (κ1) is 29.3. The zero-order valence-electron chi connectivity index (χ0n) is 19.5. The smallest absolute Gasteiger partial charge is 0.249 e. The molecule has 30 heavy (non-hydrogen) atoms. The normalized spacial score (nSPS) is 15.5. The summed E-state index contributed by atoms with van der Waals surface area (Å²) in [5.74, 6) is -0.598. The first-order valence-corrected chi connectivity index (χ1v) is 12.4. The molecule has 0 aliphatic rings. The fraction of sp³-hybridized carbons (Fsp3) is 0.958. The average molecular weight is 432 g/mol. The lowest BCUT2D eigenvalue weighted by Crippen LogP contribution is -2.53. The molecule has 0 aliphatic carbocycles. The number of hydrogen-bond acceptors (Lipinski definition) is 5. The van der Waals surface area contributed by atoms with Crippen molar-refractivity contribution in [3.63, 3.8) is 0 Å². The summed E-state index contributed by atoms with van der Waals surface area (Å²) in [6.07, 6.45) is 13.7. The molecule has 0 saturated carbocycles. The van der Waals surface area contributed by atoms with Crippen LogP contribution in [0.4, 0.5) is 0 Å². The Balaban J connectivity index is 3.82. The topological polar surface area (TPSA) is 110 Å². The maximum absolute atomic E-state index is 12.1. The number of unbranched alkanes of at least 4 members (excludes halogenated alkanes) is 12. The minimum atomic E-state index is -1.25. The highest BCUT2D eigenvalue weighted by molar-refractivity contribution is 5.80. The van der Waals surface area contributed by atoms with Gasteiger partial charge in [-0.1, -0.05) is 104 Å². The summed E-state index contributed by atoms with van der Waals surface area (Å²) in [4.78, 5) is 12.1. The molecule has 0 fully saturated rings. The molecule has 4 unspecified atom stereocenters. The van der Waals surface area contributed by atoms with E-state index >= 15 is 0 Å². The molecule has 0 radical (unpaired) electrons. The van der Waals surface area contributed by atoms with Gasteiger partial charge in [0.2, 0.25) is 5.91 Å². The van der Waals surface area contributed by atoms with Crippen molar-refractivity contribution >= 4 is 5.91 Å². The van der Waals surface area contributed by atoms with Gasteiger partial charge in [0, 0.05) is 0 Å². The minimum Gasteiger partial charge on any atom is -0.394 e. The molecule has 0 aromatic rings. The highest BCUT2D eigenvalue weighted by atomic mass is 16.3. The number of nitrogens with one attached hydrogen (secondary N) is 1. The van der Waals surface area contributed by atoms with Gasteiger partial charge in [-0.25, -0.2) is 0 Å². The predicted octanol–water partition coefficient (Wildman–Crippen LogP) is 3.83. The van der Waals surface area contributed by atoms with Crippen LogP contribution >= 0.6 is 0 Å². The molecule has 180 valence electrons. The van der Waals surface area contributed by atoms with Crippen LogP contribution < -0.4 is 5.32 Å². The van der Waals surface area contributed by atoms with Crippen LogP contribution in [-0.2, 0) is 4.79 Å². The second-order valence-electron chi connectivity index (χ2n) is 8.69. The van der Waals surface area contributed by atoms with Crippen molar-refractivity contribution in [3.8, 4) is 0 Å². The molecule has 0 aromatic carbocycles. The summed E-state index contributed by atoms with van der Waals surface area (Å²) < 4.78 is 0. The van der Waals surface area contributed by atoms with Gasteiger partial charge in [0.25, 0.3) is 0 Å². The molecule has 5 N–H and O–H groups in total. The molecule has 1 amide bonds. The zero-order valence-corrected chi connectivity index (χ0v) is 19.5. The van der Waals surface area contributed by atoms with Gasteiger partial charge in [0.1, 0.15) is 12.2 Å². The number of aliphatic hydroxyl groups excluding tert-OH is 4. The molecule has 0 aromatic heterocycles. The number of aliphatic hydroxyl groups is 4. The van der Waals surface area contributed by atoms with Crippen molar-refractivity contribution in [2.75, 3.05) is 6.61 Å². The molecule has 4 atom stereocenters. The SMILES string of the molecule is CCCCCCCCCCCCCCC(O)C(=O)NC(CO)C(O)C(O)CCCC. The molecule has 0 aliphatic heterocycles. The van der Waals surface area contributed by atoms with Crippen LogP contribution in [0.5, 0.6) is 0 Å². The van der Waals surface area contributed by atoms with Crippen LogP contribution in [0.2, 0.25) is 0 Å². The summed E-state index contributed by atoms with van der Waals surface area (Å²) in [6, 6.07) is -0.971. The van der Waals surface area contributed by atoms with Gasteiger partial charge in [0.05, 0.1) is 18.8 Å². The van der Waals surface area contributed by atoms with Gasteiger partial charge in [-0.3, -0.25) is 4.79 Å². The van der Waals surface area contributed by atoms with Gasteiger partial charge in [-0.05, 0) is 12.8 Å². The quantitative estimate of drug-likeness (QED) is 0.177. The number of carbonyl (C=O) groups excluding carboxylic acids is 1. The van der Waals surface area contributed by atoms with E-state index in [1.807, 2.05) is 6.92 Å². The Morgan fingerprint density at radius 3 is 1.63 bits per heavy atom. The summed E-state index contributed by atoms with van der Waals surface area (Å²) in [6.45, 7) is 3.74. The standard InChI is InChI=1S/C24H49NO5/c1-3-5-7-8-9-10-11-12-13-14-15-16-18-22(28)24(30)25-20(19-26)23(29)21(27)17-6-4-2/h20-23,26-29H,3-19H2,1-2H3,(H,25,30). The van der Waals surface area contributed by atoms with Gasteiger partial charge < -0.3 is 25.7 Å². The number of rotatable bonds is 21. The monoisotopic (exact) mass is 431 g/mol. The van der Waals surface area contributed by atoms with Crippen LogP contribution in [0.25, 0.3) is 0 Å². The highest BCUT2D eigenvalue weighted by Crippen LogP contribution is 2.13. The van der Waals surface area contributed by atoms with Crippen LogP contribution in [0.15, 0.2) is 0 Å². The van der Waals surface area contributed by atoms with E-state index in [4.69, 9.17) is 0 Å². The van der Waals surface area contributed by atoms with Crippen molar-refractivity contribution < 1.29 is 25.2 Å². The van der Waals surface area contributed by atoms with Gasteiger partial charge in [-0.2, -0.15) is 0 Å². The van der Waals surface area contributed by atoms with E-state index in [1.165, 1.54) is 57.8 Å². The zero-order chi connectivity index (χ0) is 22.6. The summed E-state index contributed by atoms with van der Waals surface area (Å²) in [7, 11) is 0. The minimum absolute atomic E-state index is 0.371. The van der Waals surface area contributed by atoms with Gasteiger partial charge in [0.15, 0.2) is 0 Å². The fourth-order valence-electron chi connectivity index (χ4n) is 3.68. The molecule has 0 saturated heterocycles. The van der Waals surface area contributed by atoms with Gasteiger partial charge >= 0.3 is 0 Å². The molecule has 0 heterocycles. The Bertz CT molecular complexity index is 394. The van der Waals surface area contributed by atoms with E-state index in [9.17, 15) is 25.2 Å². The van der Waals surface area contributed by atoms with Crippen LogP contribution in [0, 0.1) is 0 Å². The first-order valence-electron chi connectivity index (χ1n) is 12.4. The lowest BCUT2D eigenvalue weighted by atomic mass is 10.0. The van der Waals surface area contributed by atoms with Crippen molar-refractivity contribution in [3.05, 3.63) is 0 Å². The Labute approximate surface area is 184 Å².